The van der Waals surface area contributed by atoms with Gasteiger partial charge in [-0.1, -0.05) is 31.2 Å². The van der Waals surface area contributed by atoms with Crippen molar-refractivity contribution in [1.29, 1.82) is 0 Å². The summed E-state index contributed by atoms with van der Waals surface area (Å²) in [7, 11) is 1.54. The number of nitrogens with one attached hydrogen (secondary N) is 1. The van der Waals surface area contributed by atoms with E-state index in [4.69, 9.17) is 4.74 Å². The monoisotopic (exact) mass is 439 g/mol. The van der Waals surface area contributed by atoms with Gasteiger partial charge in [0.1, 0.15) is 5.82 Å². The van der Waals surface area contributed by atoms with Gasteiger partial charge in [-0.2, -0.15) is 0 Å². The summed E-state index contributed by atoms with van der Waals surface area (Å²) in [6.45, 7) is 7.02. The number of likely N-dealkylation sites (N-methyl/N-ethyl adjacent to an activating group) is 1. The van der Waals surface area contributed by atoms with Crippen molar-refractivity contribution < 1.29 is 18.7 Å². The van der Waals surface area contributed by atoms with Crippen molar-refractivity contribution in [2.45, 2.75) is 52.6 Å². The van der Waals surface area contributed by atoms with Crippen LogP contribution in [-0.4, -0.2) is 47.9 Å². The first-order valence-electron chi connectivity index (χ1n) is 11.3. The Morgan fingerprint density at radius 2 is 2.12 bits per heavy atom. The average molecular weight is 440 g/mol. The van der Waals surface area contributed by atoms with Gasteiger partial charge in [0, 0.05) is 36.5 Å². The summed E-state index contributed by atoms with van der Waals surface area (Å²) in [4.78, 5) is 30.5. The summed E-state index contributed by atoms with van der Waals surface area (Å²) in [6.07, 6.45) is 4.19. The molecule has 0 aromatic heterocycles. The first-order chi connectivity index (χ1) is 15.4. The molecule has 1 unspecified atom stereocenters. The summed E-state index contributed by atoms with van der Waals surface area (Å²) in [5.74, 6) is -0.207. The highest BCUT2D eigenvalue weighted by Gasteiger charge is 2.48. The number of aryl methyl sites for hydroxylation is 1. The van der Waals surface area contributed by atoms with Gasteiger partial charge in [0.2, 0.25) is 0 Å². The second-order valence-corrected chi connectivity index (χ2v) is 8.37. The number of allylic oxidation sites excluding steroid dienone is 3. The van der Waals surface area contributed by atoms with Crippen molar-refractivity contribution in [2.75, 3.05) is 20.2 Å². The smallest absolute Gasteiger partial charge is 0.274 e. The molecule has 2 saturated heterocycles. The van der Waals surface area contributed by atoms with Crippen LogP contribution in [0.5, 0.6) is 0 Å². The number of hydrogen-bond acceptors (Lipinski definition) is 4. The lowest BCUT2D eigenvalue weighted by molar-refractivity contribution is -0.132. The summed E-state index contributed by atoms with van der Waals surface area (Å²) < 4.78 is 20.2. The second kappa shape index (κ2) is 8.81. The molecule has 0 bridgehead atoms. The summed E-state index contributed by atoms with van der Waals surface area (Å²) >= 11 is 0. The number of amides is 2. The number of hydrogen-bond donors (Lipinski definition) is 1. The Balaban J connectivity index is 1.73. The zero-order valence-corrected chi connectivity index (χ0v) is 19.1. The molecule has 1 atom stereocenters. The van der Waals surface area contributed by atoms with Crippen LogP contribution >= 0.6 is 0 Å². The predicted molar refractivity (Wildman–Crippen MR) is 120 cm³/mol. The molecule has 170 valence electrons. The maximum atomic E-state index is 14.4. The van der Waals surface area contributed by atoms with Crippen molar-refractivity contribution in [3.8, 4) is 0 Å². The lowest BCUT2D eigenvalue weighted by atomic mass is 9.92. The molecule has 3 aliphatic rings. The largest absolute Gasteiger partial charge is 0.494 e. The third kappa shape index (κ3) is 3.49. The van der Waals surface area contributed by atoms with Crippen molar-refractivity contribution >= 4 is 11.8 Å². The van der Waals surface area contributed by atoms with E-state index in [1.54, 1.807) is 25.1 Å². The molecule has 0 radical (unpaired) electrons. The molecule has 2 fully saturated rings. The molecule has 2 amide bonds. The van der Waals surface area contributed by atoms with Gasteiger partial charge in [0.15, 0.2) is 11.5 Å². The second-order valence-electron chi connectivity index (χ2n) is 8.37. The first-order valence-corrected chi connectivity index (χ1v) is 11.3. The number of methoxy groups -OCH3 is 1. The number of benzene rings is 1. The number of nitrogens with zero attached hydrogens (tertiary/aromatic N) is 2. The van der Waals surface area contributed by atoms with Crippen LogP contribution in [0.3, 0.4) is 0 Å². The Kier molecular flexibility index (Phi) is 6.09. The van der Waals surface area contributed by atoms with E-state index in [1.165, 1.54) is 7.11 Å². The molecule has 0 saturated carbocycles. The van der Waals surface area contributed by atoms with Gasteiger partial charge < -0.3 is 19.9 Å². The molecular weight excluding hydrogens is 409 g/mol. The highest BCUT2D eigenvalue weighted by molar-refractivity contribution is 6.04. The van der Waals surface area contributed by atoms with E-state index in [2.05, 4.69) is 5.32 Å². The average Bonchev–Trinajstić information content (AvgIpc) is 3.20. The maximum Gasteiger partial charge on any atom is 0.274 e. The van der Waals surface area contributed by atoms with Crippen LogP contribution in [0.2, 0.25) is 0 Å². The molecule has 1 N–H and O–H groups in total. The lowest BCUT2D eigenvalue weighted by Gasteiger charge is -2.43. The Morgan fingerprint density at radius 3 is 2.81 bits per heavy atom. The number of carbonyl (C=O) groups excluding carboxylic acids is 2. The highest BCUT2D eigenvalue weighted by Crippen LogP contribution is 2.46. The highest BCUT2D eigenvalue weighted by atomic mass is 19.1. The number of ether oxygens (including phenoxy) is 1. The number of carbonyl (C=O) groups is 2. The summed E-state index contributed by atoms with van der Waals surface area (Å²) in [5, 5.41) is 2.90. The van der Waals surface area contributed by atoms with Gasteiger partial charge in [0.05, 0.1) is 18.7 Å². The third-order valence-corrected chi connectivity index (χ3v) is 6.48. The van der Waals surface area contributed by atoms with E-state index in [9.17, 15) is 14.0 Å². The number of rotatable bonds is 6. The fraction of sp³-hybridized carbons (Fsp3) is 0.440. The first kappa shape index (κ1) is 22.1. The van der Waals surface area contributed by atoms with Gasteiger partial charge in [-0.3, -0.25) is 9.59 Å². The van der Waals surface area contributed by atoms with Gasteiger partial charge in [0.25, 0.3) is 11.8 Å². The molecule has 0 spiro atoms. The predicted octanol–water partition coefficient (Wildman–Crippen LogP) is 3.54. The Morgan fingerprint density at radius 1 is 1.34 bits per heavy atom. The van der Waals surface area contributed by atoms with E-state index in [-0.39, 0.29) is 30.2 Å². The lowest BCUT2D eigenvalue weighted by Crippen LogP contribution is -2.53. The quantitative estimate of drug-likeness (QED) is 0.737. The Bertz CT molecular complexity index is 1060. The fourth-order valence-corrected chi connectivity index (χ4v) is 4.94. The Labute approximate surface area is 188 Å². The molecular formula is C25H30FN3O3. The minimum atomic E-state index is -0.305. The molecule has 0 aliphatic carbocycles. The fourth-order valence-electron chi connectivity index (χ4n) is 4.94. The minimum absolute atomic E-state index is 0.0664. The molecule has 6 nitrogen and oxygen atoms in total. The van der Waals surface area contributed by atoms with Crippen molar-refractivity contribution in [2.24, 2.45) is 0 Å². The molecule has 7 heteroatoms. The van der Waals surface area contributed by atoms with E-state index in [0.29, 0.717) is 59.7 Å². The Hall–Kier alpha value is -3.09. The van der Waals surface area contributed by atoms with Gasteiger partial charge in [-0.25, -0.2) is 4.39 Å². The van der Waals surface area contributed by atoms with E-state index >= 15 is 0 Å². The van der Waals surface area contributed by atoms with Crippen LogP contribution in [0.25, 0.3) is 0 Å². The molecule has 1 aromatic rings. The van der Waals surface area contributed by atoms with Crippen LogP contribution in [0, 0.1) is 12.7 Å². The van der Waals surface area contributed by atoms with Gasteiger partial charge >= 0.3 is 0 Å². The molecule has 32 heavy (non-hydrogen) atoms. The standard InChI is InChI=1S/C25H30FN3O3/c1-5-8-18-20(24(30)27-13-16-10-7-9-15(3)21(16)26)19-12-11-17-14-28(6-2)25(31)22(29(17)19)23(18)32-4/h7-10,17H,5-6,11-14H2,1-4H3,(H,27,30)/b18-8+. The SMILES string of the molecule is CC/C=C1/C(OC)=C2C(=O)N(CC)CC3CCC(=C1C(=O)NCc1cccc(C)c1F)N23. The van der Waals surface area contributed by atoms with Gasteiger partial charge in [-0.05, 0) is 38.7 Å². The number of piperazine rings is 1. The van der Waals surface area contributed by atoms with Crippen LogP contribution in [0.15, 0.2) is 52.6 Å². The summed E-state index contributed by atoms with van der Waals surface area (Å²) in [5.41, 5.74) is 3.55. The topological polar surface area (TPSA) is 61.9 Å². The van der Waals surface area contributed by atoms with E-state index < -0.39 is 0 Å². The van der Waals surface area contributed by atoms with Crippen LogP contribution in [-0.2, 0) is 20.9 Å². The molecule has 3 aliphatic heterocycles. The van der Waals surface area contributed by atoms with Crippen molar-refractivity contribution in [1.82, 2.24) is 15.1 Å². The van der Waals surface area contributed by atoms with E-state index in [1.807, 2.05) is 29.7 Å². The molecule has 1 aromatic carbocycles. The van der Waals surface area contributed by atoms with Crippen molar-refractivity contribution in [3.05, 3.63) is 69.5 Å². The zero-order valence-electron chi connectivity index (χ0n) is 19.1. The maximum absolute atomic E-state index is 14.4. The van der Waals surface area contributed by atoms with Crippen LogP contribution in [0.1, 0.15) is 44.2 Å². The van der Waals surface area contributed by atoms with E-state index in [0.717, 1.165) is 12.1 Å². The van der Waals surface area contributed by atoms with Gasteiger partial charge in [-0.15, -0.1) is 0 Å². The molecule has 3 heterocycles. The van der Waals surface area contributed by atoms with Crippen LogP contribution < -0.4 is 5.32 Å². The molecule has 4 rings (SSSR count). The number of halogens is 1. The normalized spacial score (nSPS) is 21.5. The third-order valence-electron chi connectivity index (χ3n) is 6.48. The zero-order chi connectivity index (χ0) is 23.0. The summed E-state index contributed by atoms with van der Waals surface area (Å²) in [6, 6.07) is 5.29. The van der Waals surface area contributed by atoms with Crippen molar-refractivity contribution in [3.63, 3.8) is 0 Å². The minimum Gasteiger partial charge on any atom is -0.494 e. The van der Waals surface area contributed by atoms with Crippen LogP contribution in [0.4, 0.5) is 4.39 Å².